The largest absolute Gasteiger partial charge is 0.319 e. The van der Waals surface area contributed by atoms with Crippen LogP contribution in [0.2, 0.25) is 0 Å². The fourth-order valence-electron chi connectivity index (χ4n) is 6.49. The molecule has 0 rings (SSSR count). The fourth-order valence-corrected chi connectivity index (χ4v) is 6.49. The van der Waals surface area contributed by atoms with Gasteiger partial charge in [-0.15, -0.1) is 0 Å². The zero-order chi connectivity index (χ0) is 31.5. The van der Waals surface area contributed by atoms with E-state index in [4.69, 9.17) is 0 Å². The molecule has 0 aromatic rings. The van der Waals surface area contributed by atoms with E-state index in [9.17, 15) is 9.59 Å². The van der Waals surface area contributed by atoms with E-state index in [-0.39, 0.29) is 5.92 Å². The van der Waals surface area contributed by atoms with Crippen molar-refractivity contribution in [1.82, 2.24) is 5.32 Å². The van der Waals surface area contributed by atoms with Crippen LogP contribution in [-0.4, -0.2) is 25.2 Å². The van der Waals surface area contributed by atoms with E-state index in [2.05, 4.69) is 19.2 Å². The molecular weight excluding hydrogens is 526 g/mol. The number of nitrogens with one attached hydrogen (secondary N) is 1. The third kappa shape index (κ3) is 32.5. The minimum absolute atomic E-state index is 0.125. The van der Waals surface area contributed by atoms with E-state index in [0.29, 0.717) is 37.4 Å². The Morgan fingerprint density at radius 2 is 0.698 bits per heavy atom. The summed E-state index contributed by atoms with van der Waals surface area (Å²) in [5.74, 6) is 0.467. The molecule has 0 saturated heterocycles. The van der Waals surface area contributed by atoms with Crippen molar-refractivity contribution >= 4 is 11.6 Å². The third-order valence-electron chi connectivity index (χ3n) is 9.47. The second-order valence-corrected chi connectivity index (χ2v) is 13.9. The van der Waals surface area contributed by atoms with Crippen molar-refractivity contribution in [2.75, 3.05) is 13.6 Å². The summed E-state index contributed by atoms with van der Waals surface area (Å²) in [7, 11) is 1.90. The normalized spacial score (nSPS) is 12.2. The minimum Gasteiger partial charge on any atom is -0.319 e. The molecule has 256 valence electrons. The lowest BCUT2D eigenvalue weighted by Gasteiger charge is -2.15. The summed E-state index contributed by atoms with van der Waals surface area (Å²) in [5.41, 5.74) is 0. The van der Waals surface area contributed by atoms with Gasteiger partial charge in [-0.3, -0.25) is 9.59 Å². The van der Waals surface area contributed by atoms with Crippen LogP contribution in [0.3, 0.4) is 0 Å². The number of Topliss-reactive ketones (excluding diaryl/α,β-unsaturated/α-hetero) is 2. The van der Waals surface area contributed by atoms with Gasteiger partial charge in [0.15, 0.2) is 0 Å². The van der Waals surface area contributed by atoms with Gasteiger partial charge in [-0.05, 0) is 19.9 Å². The number of hydrogen-bond acceptors (Lipinski definition) is 3. The molecule has 0 radical (unpaired) electrons. The van der Waals surface area contributed by atoms with Crippen LogP contribution in [-0.2, 0) is 9.59 Å². The first-order chi connectivity index (χ1) is 21.2. The van der Waals surface area contributed by atoms with Crippen molar-refractivity contribution < 1.29 is 9.59 Å². The summed E-state index contributed by atoms with van der Waals surface area (Å²) >= 11 is 0. The third-order valence-corrected chi connectivity index (χ3v) is 9.47. The van der Waals surface area contributed by atoms with E-state index in [0.717, 1.165) is 25.7 Å². The summed E-state index contributed by atoms with van der Waals surface area (Å²) in [6.07, 6.45) is 42.0. The van der Waals surface area contributed by atoms with Gasteiger partial charge in [-0.2, -0.15) is 0 Å². The molecule has 0 saturated carbocycles. The van der Waals surface area contributed by atoms with Gasteiger partial charge in [-0.25, -0.2) is 0 Å². The Morgan fingerprint density at radius 3 is 1.00 bits per heavy atom. The summed E-state index contributed by atoms with van der Waals surface area (Å²) in [5, 5.41) is 3.16. The molecule has 0 aliphatic rings. The Labute approximate surface area is 271 Å². The highest BCUT2D eigenvalue weighted by Crippen LogP contribution is 2.18. The first kappa shape index (κ1) is 42.3. The summed E-state index contributed by atoms with van der Waals surface area (Å²) in [6, 6.07) is 0. The summed E-state index contributed by atoms with van der Waals surface area (Å²) in [6.45, 7) is 5.21. The Kier molecular flexibility index (Phi) is 35.2. The number of carbonyl (C=O) groups is 2. The topological polar surface area (TPSA) is 46.2 Å². The number of unbranched alkanes of at least 4 members (excludes halogenated alkanes) is 28. The molecule has 0 spiro atoms. The van der Waals surface area contributed by atoms with Crippen molar-refractivity contribution in [3.63, 3.8) is 0 Å². The zero-order valence-electron chi connectivity index (χ0n) is 29.9. The van der Waals surface area contributed by atoms with E-state index in [1.807, 2.05) is 7.05 Å². The van der Waals surface area contributed by atoms with Gasteiger partial charge >= 0.3 is 0 Å². The molecule has 3 heteroatoms. The van der Waals surface area contributed by atoms with E-state index in [1.165, 1.54) is 167 Å². The lowest BCUT2D eigenvalue weighted by Crippen LogP contribution is -2.28. The second-order valence-electron chi connectivity index (χ2n) is 13.9. The highest BCUT2D eigenvalue weighted by Gasteiger charge is 2.20. The van der Waals surface area contributed by atoms with Crippen LogP contribution >= 0.6 is 0 Å². The molecule has 0 aromatic carbocycles. The Morgan fingerprint density at radius 1 is 0.419 bits per heavy atom. The average Bonchev–Trinajstić information content (AvgIpc) is 3.00. The molecule has 0 fully saturated rings. The van der Waals surface area contributed by atoms with Crippen LogP contribution in [0.15, 0.2) is 0 Å². The van der Waals surface area contributed by atoms with E-state index < -0.39 is 0 Å². The van der Waals surface area contributed by atoms with Crippen molar-refractivity contribution in [2.45, 2.75) is 226 Å². The van der Waals surface area contributed by atoms with Gasteiger partial charge in [0, 0.05) is 31.7 Å². The van der Waals surface area contributed by atoms with Crippen LogP contribution < -0.4 is 5.32 Å². The predicted octanol–water partition coefficient (Wildman–Crippen LogP) is 12.9. The van der Waals surface area contributed by atoms with Crippen LogP contribution in [0.1, 0.15) is 226 Å². The minimum atomic E-state index is -0.125. The maximum Gasteiger partial charge on any atom is 0.137 e. The molecule has 1 unspecified atom stereocenters. The lowest BCUT2D eigenvalue weighted by molar-refractivity contribution is -0.128. The van der Waals surface area contributed by atoms with Gasteiger partial charge < -0.3 is 5.32 Å². The maximum atomic E-state index is 12.8. The number of hydrogen-bond donors (Lipinski definition) is 1. The number of carbonyl (C=O) groups excluding carboxylic acids is 2. The SMILES string of the molecule is CCCCCCCCCCCCCCCCCC(=O)CC(CNC)C(=O)CCCCCCCCCCCCCCCCC. The smallest absolute Gasteiger partial charge is 0.137 e. The second kappa shape index (κ2) is 35.8. The van der Waals surface area contributed by atoms with Crippen LogP contribution in [0.25, 0.3) is 0 Å². The molecule has 3 nitrogen and oxygen atoms in total. The number of rotatable bonds is 37. The molecule has 0 aliphatic carbocycles. The highest BCUT2D eigenvalue weighted by molar-refractivity contribution is 5.88. The van der Waals surface area contributed by atoms with Crippen LogP contribution in [0.4, 0.5) is 0 Å². The molecule has 1 N–H and O–H groups in total. The number of ketones is 2. The molecule has 43 heavy (non-hydrogen) atoms. The molecule has 1 atom stereocenters. The van der Waals surface area contributed by atoms with Gasteiger partial charge in [0.05, 0.1) is 0 Å². The summed E-state index contributed by atoms with van der Waals surface area (Å²) in [4.78, 5) is 25.4. The highest BCUT2D eigenvalue weighted by atomic mass is 16.1. The van der Waals surface area contributed by atoms with Crippen molar-refractivity contribution in [1.29, 1.82) is 0 Å². The van der Waals surface area contributed by atoms with E-state index >= 15 is 0 Å². The Hall–Kier alpha value is -0.700. The quantitative estimate of drug-likeness (QED) is 0.0716. The zero-order valence-corrected chi connectivity index (χ0v) is 29.9. The fraction of sp³-hybridized carbons (Fsp3) is 0.950. The predicted molar refractivity (Wildman–Crippen MR) is 191 cm³/mol. The van der Waals surface area contributed by atoms with Crippen molar-refractivity contribution in [3.8, 4) is 0 Å². The molecule has 0 bridgehead atoms. The first-order valence-corrected chi connectivity index (χ1v) is 19.8. The first-order valence-electron chi connectivity index (χ1n) is 19.8. The van der Waals surface area contributed by atoms with Gasteiger partial charge in [0.25, 0.3) is 0 Å². The Balaban J connectivity index is 3.62. The standard InChI is InChI=1S/C40H79NO2/c1-4-6-8-10-12-14-16-18-20-22-24-26-28-30-32-34-39(42)36-38(37-41-3)40(43)35-33-31-29-27-25-23-21-19-17-15-13-11-9-7-5-2/h38,41H,4-37H2,1-3H3. The maximum absolute atomic E-state index is 12.8. The Bertz CT molecular complexity index is 575. The molecule has 0 amide bonds. The molecular formula is C40H79NO2. The van der Waals surface area contributed by atoms with Crippen LogP contribution in [0.5, 0.6) is 0 Å². The van der Waals surface area contributed by atoms with Gasteiger partial charge in [0.2, 0.25) is 0 Å². The van der Waals surface area contributed by atoms with Gasteiger partial charge in [0.1, 0.15) is 11.6 Å². The molecule has 0 aliphatic heterocycles. The molecule has 0 heterocycles. The molecule has 0 aromatic heterocycles. The van der Waals surface area contributed by atoms with E-state index in [1.54, 1.807) is 0 Å². The van der Waals surface area contributed by atoms with Gasteiger partial charge in [-0.1, -0.05) is 194 Å². The monoisotopic (exact) mass is 606 g/mol. The van der Waals surface area contributed by atoms with Crippen molar-refractivity contribution in [3.05, 3.63) is 0 Å². The lowest BCUT2D eigenvalue weighted by atomic mass is 9.92. The summed E-state index contributed by atoms with van der Waals surface area (Å²) < 4.78 is 0. The average molecular weight is 606 g/mol. The van der Waals surface area contributed by atoms with Crippen LogP contribution in [0, 0.1) is 5.92 Å². The van der Waals surface area contributed by atoms with Crippen molar-refractivity contribution in [2.24, 2.45) is 5.92 Å².